The monoisotopic (exact) mass is 253 g/mol. The average Bonchev–Trinajstić information content (AvgIpc) is 1.78. The quantitative estimate of drug-likeness (QED) is 0.276. The second kappa shape index (κ2) is 8.23. The molecular formula is C6H15LiO8P+. The summed E-state index contributed by atoms with van der Waals surface area (Å²) in [6.45, 7) is 0.856. The van der Waals surface area contributed by atoms with E-state index in [2.05, 4.69) is 4.52 Å². The van der Waals surface area contributed by atoms with Crippen molar-refractivity contribution >= 4 is 13.8 Å². The van der Waals surface area contributed by atoms with Crippen molar-refractivity contribution in [2.45, 2.75) is 25.4 Å². The van der Waals surface area contributed by atoms with E-state index in [1.165, 1.54) is 6.92 Å². The Labute approximate surface area is 104 Å². The van der Waals surface area contributed by atoms with Crippen LogP contribution in [0.3, 0.4) is 0 Å². The zero-order chi connectivity index (χ0) is 11.4. The van der Waals surface area contributed by atoms with Gasteiger partial charge in [-0.15, -0.1) is 0 Å². The Balaban J connectivity index is -0.000000845. The summed E-state index contributed by atoms with van der Waals surface area (Å²) in [5, 5.41) is 17.7. The van der Waals surface area contributed by atoms with Crippen molar-refractivity contribution in [2.75, 3.05) is 6.61 Å². The fourth-order valence-corrected chi connectivity index (χ4v) is 1.13. The first-order valence-corrected chi connectivity index (χ1v) is 5.30. The maximum Gasteiger partial charge on any atom is 1.00 e. The van der Waals surface area contributed by atoms with E-state index in [0.29, 0.717) is 0 Å². The summed E-state index contributed by atoms with van der Waals surface area (Å²) in [6.07, 6.45) is -0.665. The Morgan fingerprint density at radius 3 is 2.19 bits per heavy atom. The van der Waals surface area contributed by atoms with Crippen molar-refractivity contribution in [3.8, 4) is 0 Å². The van der Waals surface area contributed by atoms with E-state index in [9.17, 15) is 14.5 Å². The molecular weight excluding hydrogens is 238 g/mol. The average molecular weight is 253 g/mol. The van der Waals surface area contributed by atoms with E-state index >= 15 is 0 Å². The molecule has 0 fully saturated rings. The molecule has 0 spiro atoms. The van der Waals surface area contributed by atoms with Crippen molar-refractivity contribution in [2.24, 2.45) is 0 Å². The summed E-state index contributed by atoms with van der Waals surface area (Å²) >= 11 is 0. The second-order valence-corrected chi connectivity index (χ2v) is 4.38. The van der Waals surface area contributed by atoms with Crippen molar-refractivity contribution < 1.29 is 58.2 Å². The molecule has 0 amide bonds. The smallest absolute Gasteiger partial charge is 0.481 e. The minimum absolute atomic E-state index is 0. The van der Waals surface area contributed by atoms with Crippen LogP contribution in [0.25, 0.3) is 0 Å². The topological polar surface area (TPSA) is 156 Å². The fraction of sp³-hybridized carbons (Fsp3) is 0.833. The molecule has 0 bridgehead atoms. The Bertz CT molecular complexity index is 249. The Kier molecular flexibility index (Phi) is 11.0. The van der Waals surface area contributed by atoms with Crippen molar-refractivity contribution in [3.63, 3.8) is 0 Å². The molecule has 0 aromatic heterocycles. The number of hydrogen-bond acceptors (Lipinski definition) is 4. The summed E-state index contributed by atoms with van der Waals surface area (Å²) in [7, 11) is -4.54. The van der Waals surface area contributed by atoms with Crippen LogP contribution in [-0.2, 0) is 13.9 Å². The Morgan fingerprint density at radius 1 is 1.44 bits per heavy atom. The van der Waals surface area contributed by atoms with Gasteiger partial charge in [0.05, 0.1) is 18.6 Å². The molecule has 0 aromatic carbocycles. The summed E-state index contributed by atoms with van der Waals surface area (Å²) in [5.74, 6) is -1.19. The first kappa shape index (κ1) is 21.4. The van der Waals surface area contributed by atoms with Gasteiger partial charge in [0, 0.05) is 6.42 Å². The SMILES string of the molecule is CC(O)(CCOP(=O)(O)O)CC(=O)O.O.[Li+]. The van der Waals surface area contributed by atoms with Gasteiger partial charge in [-0.25, -0.2) is 4.57 Å². The van der Waals surface area contributed by atoms with Crippen molar-refractivity contribution in [1.29, 1.82) is 0 Å². The zero-order valence-corrected chi connectivity index (χ0v) is 9.98. The number of rotatable bonds is 6. The van der Waals surface area contributed by atoms with Gasteiger partial charge in [-0.3, -0.25) is 9.32 Å². The first-order chi connectivity index (χ1) is 6.12. The normalized spacial score (nSPS) is 14.2. The van der Waals surface area contributed by atoms with Gasteiger partial charge in [0.1, 0.15) is 0 Å². The van der Waals surface area contributed by atoms with Crippen LogP contribution in [0.1, 0.15) is 19.8 Å². The number of carboxylic acid groups (broad SMARTS) is 1. The molecule has 10 heteroatoms. The van der Waals surface area contributed by atoms with Crippen molar-refractivity contribution in [3.05, 3.63) is 0 Å². The van der Waals surface area contributed by atoms with Gasteiger partial charge >= 0.3 is 32.7 Å². The number of aliphatic hydroxyl groups is 1. The van der Waals surface area contributed by atoms with E-state index in [-0.39, 0.29) is 30.8 Å². The van der Waals surface area contributed by atoms with Crippen LogP contribution in [0.4, 0.5) is 0 Å². The molecule has 8 nitrogen and oxygen atoms in total. The van der Waals surface area contributed by atoms with E-state index < -0.39 is 32.4 Å². The molecule has 1 atom stereocenters. The molecule has 16 heavy (non-hydrogen) atoms. The van der Waals surface area contributed by atoms with Gasteiger partial charge in [0.2, 0.25) is 0 Å². The number of hydrogen-bond donors (Lipinski definition) is 4. The number of phosphoric ester groups is 1. The molecule has 0 saturated carbocycles. The van der Waals surface area contributed by atoms with Crippen LogP contribution in [-0.4, -0.2) is 43.7 Å². The number of phosphoric acid groups is 1. The third-order valence-electron chi connectivity index (χ3n) is 1.43. The van der Waals surface area contributed by atoms with Gasteiger partial charge in [-0.2, -0.15) is 0 Å². The molecule has 92 valence electrons. The third kappa shape index (κ3) is 14.1. The molecule has 0 saturated heterocycles. The summed E-state index contributed by atoms with van der Waals surface area (Å²) in [4.78, 5) is 26.8. The molecule has 0 rings (SSSR count). The maximum absolute atomic E-state index is 10.2. The first-order valence-electron chi connectivity index (χ1n) is 3.77. The standard InChI is InChI=1S/C6H13O7P.Li.H2O/c1-6(9,4-5(7)8)2-3-13-14(10,11)12;;/h9H,2-4H2,1H3,(H,7,8)(H2,10,11,12);;1H2/q;+1;. The minimum atomic E-state index is -4.54. The summed E-state index contributed by atoms with van der Waals surface area (Å²) in [5.41, 5.74) is -1.53. The third-order valence-corrected chi connectivity index (χ3v) is 1.95. The molecule has 0 radical (unpaired) electrons. The zero-order valence-electron chi connectivity index (χ0n) is 9.08. The van der Waals surface area contributed by atoms with E-state index in [1.807, 2.05) is 0 Å². The second-order valence-electron chi connectivity index (χ2n) is 3.14. The van der Waals surface area contributed by atoms with E-state index in [0.717, 1.165) is 0 Å². The number of carbonyl (C=O) groups is 1. The van der Waals surface area contributed by atoms with Crippen LogP contribution in [0.5, 0.6) is 0 Å². The van der Waals surface area contributed by atoms with Crippen LogP contribution >= 0.6 is 7.82 Å². The van der Waals surface area contributed by atoms with Gasteiger partial charge in [0.15, 0.2) is 0 Å². The maximum atomic E-state index is 10.2. The van der Waals surface area contributed by atoms with Crippen LogP contribution < -0.4 is 18.9 Å². The van der Waals surface area contributed by atoms with Gasteiger partial charge in [-0.1, -0.05) is 0 Å². The minimum Gasteiger partial charge on any atom is -0.481 e. The molecule has 0 aliphatic carbocycles. The molecule has 1 unspecified atom stereocenters. The van der Waals surface area contributed by atoms with Gasteiger partial charge < -0.3 is 25.5 Å². The number of carboxylic acids is 1. The summed E-state index contributed by atoms with van der Waals surface area (Å²) < 4.78 is 14.3. The van der Waals surface area contributed by atoms with Gasteiger partial charge in [0.25, 0.3) is 0 Å². The molecule has 0 aliphatic rings. The van der Waals surface area contributed by atoms with Crippen LogP contribution in [0.15, 0.2) is 0 Å². The number of aliphatic carboxylic acids is 1. The van der Waals surface area contributed by atoms with Crippen LogP contribution in [0.2, 0.25) is 0 Å². The van der Waals surface area contributed by atoms with E-state index in [4.69, 9.17) is 14.9 Å². The van der Waals surface area contributed by atoms with E-state index in [1.54, 1.807) is 0 Å². The fourth-order valence-electron chi connectivity index (χ4n) is 0.799. The largest absolute Gasteiger partial charge is 1.00 e. The van der Waals surface area contributed by atoms with Crippen molar-refractivity contribution in [1.82, 2.24) is 0 Å². The summed E-state index contributed by atoms with van der Waals surface area (Å²) in [6, 6.07) is 0. The Hall–Kier alpha value is 0.0974. The molecule has 0 aromatic rings. The Morgan fingerprint density at radius 2 is 1.88 bits per heavy atom. The molecule has 6 N–H and O–H groups in total. The van der Waals surface area contributed by atoms with Crippen LogP contribution in [0, 0.1) is 0 Å². The van der Waals surface area contributed by atoms with Gasteiger partial charge in [-0.05, 0) is 6.92 Å². The molecule has 0 aliphatic heterocycles. The molecule has 0 heterocycles. The predicted octanol–water partition coefficient (Wildman–Crippen LogP) is -4.11. The predicted molar refractivity (Wildman–Crippen MR) is 49.1 cm³/mol.